The molecular formula is C15H24N2O4. The van der Waals surface area contributed by atoms with Gasteiger partial charge in [0.2, 0.25) is 0 Å². The van der Waals surface area contributed by atoms with E-state index < -0.39 is 11.7 Å². The summed E-state index contributed by atoms with van der Waals surface area (Å²) in [6.07, 6.45) is 0.0631. The lowest BCUT2D eigenvalue weighted by Gasteiger charge is -2.21. The largest absolute Gasteiger partial charge is 0.504 e. The van der Waals surface area contributed by atoms with Gasteiger partial charge >= 0.3 is 6.09 Å². The topological polar surface area (TPSA) is 93.8 Å². The molecule has 1 amide bonds. The van der Waals surface area contributed by atoms with Crippen LogP contribution in [0.4, 0.5) is 4.79 Å². The molecule has 4 N–H and O–H groups in total. The molecule has 0 saturated carbocycles. The van der Waals surface area contributed by atoms with Crippen molar-refractivity contribution in [2.75, 3.05) is 13.7 Å². The Morgan fingerprint density at radius 2 is 2.10 bits per heavy atom. The molecule has 1 aromatic rings. The zero-order chi connectivity index (χ0) is 16.0. The van der Waals surface area contributed by atoms with E-state index in [1.54, 1.807) is 39.0 Å². The van der Waals surface area contributed by atoms with Crippen LogP contribution in [0.2, 0.25) is 0 Å². The minimum absolute atomic E-state index is 0.0849. The van der Waals surface area contributed by atoms with Gasteiger partial charge in [-0.25, -0.2) is 4.79 Å². The van der Waals surface area contributed by atoms with Crippen molar-refractivity contribution < 1.29 is 19.4 Å². The molecule has 0 spiro atoms. The third-order valence-electron chi connectivity index (χ3n) is 2.65. The van der Waals surface area contributed by atoms with E-state index in [9.17, 15) is 9.90 Å². The van der Waals surface area contributed by atoms with Crippen LogP contribution in [-0.4, -0.2) is 36.5 Å². The second kappa shape index (κ2) is 7.17. The lowest BCUT2D eigenvalue weighted by Crippen LogP contribution is -2.41. The van der Waals surface area contributed by atoms with Crippen molar-refractivity contribution in [1.82, 2.24) is 5.32 Å². The standard InChI is InChI=1S/C15H24N2O4/c1-15(2,3)21-14(19)17-9-11(16)7-10-5-6-12(18)13(8-10)20-4/h5-6,8,11,18H,7,9,16H2,1-4H3,(H,17,19). The molecule has 0 aromatic heterocycles. The van der Waals surface area contributed by atoms with Crippen LogP contribution in [0, 0.1) is 0 Å². The van der Waals surface area contributed by atoms with E-state index in [4.69, 9.17) is 15.2 Å². The summed E-state index contributed by atoms with van der Waals surface area (Å²) in [4.78, 5) is 11.5. The highest BCUT2D eigenvalue weighted by Gasteiger charge is 2.16. The molecule has 0 aliphatic carbocycles. The van der Waals surface area contributed by atoms with Crippen LogP contribution in [0.15, 0.2) is 18.2 Å². The van der Waals surface area contributed by atoms with Crippen LogP contribution in [-0.2, 0) is 11.2 Å². The zero-order valence-corrected chi connectivity index (χ0v) is 13.0. The summed E-state index contributed by atoms with van der Waals surface area (Å²) in [6, 6.07) is 4.79. The van der Waals surface area contributed by atoms with Crippen molar-refractivity contribution in [3.8, 4) is 11.5 Å². The predicted octanol–water partition coefficient (Wildman–Crippen LogP) is 1.80. The molecule has 118 valence electrons. The fraction of sp³-hybridized carbons (Fsp3) is 0.533. The first-order valence-electron chi connectivity index (χ1n) is 6.79. The number of ether oxygens (including phenoxy) is 2. The molecule has 6 heteroatoms. The molecular weight excluding hydrogens is 272 g/mol. The van der Waals surface area contributed by atoms with Crippen LogP contribution in [0.5, 0.6) is 11.5 Å². The molecule has 0 aliphatic heterocycles. The number of nitrogens with one attached hydrogen (secondary N) is 1. The molecule has 0 bridgehead atoms. The second-order valence-electron chi connectivity index (χ2n) is 5.85. The van der Waals surface area contributed by atoms with Gasteiger partial charge < -0.3 is 25.6 Å². The number of phenolic OH excluding ortho intramolecular Hbond substituents is 1. The van der Waals surface area contributed by atoms with E-state index in [-0.39, 0.29) is 11.8 Å². The third kappa shape index (κ3) is 6.35. The van der Waals surface area contributed by atoms with Gasteiger partial charge in [0.05, 0.1) is 7.11 Å². The number of phenols is 1. The zero-order valence-electron chi connectivity index (χ0n) is 13.0. The lowest BCUT2D eigenvalue weighted by molar-refractivity contribution is 0.0524. The number of carbonyl (C=O) groups is 1. The number of rotatable bonds is 5. The van der Waals surface area contributed by atoms with Gasteiger partial charge in [0.25, 0.3) is 0 Å². The number of hydrogen-bond donors (Lipinski definition) is 3. The highest BCUT2D eigenvalue weighted by Crippen LogP contribution is 2.26. The highest BCUT2D eigenvalue weighted by atomic mass is 16.6. The maximum absolute atomic E-state index is 11.5. The average Bonchev–Trinajstić information content (AvgIpc) is 2.36. The molecule has 0 heterocycles. The van der Waals surface area contributed by atoms with Crippen molar-refractivity contribution in [2.24, 2.45) is 5.73 Å². The Balaban J connectivity index is 2.47. The number of alkyl carbamates (subject to hydrolysis) is 1. The van der Waals surface area contributed by atoms with Crippen LogP contribution < -0.4 is 15.8 Å². The number of benzene rings is 1. The van der Waals surface area contributed by atoms with Gasteiger partial charge in [-0.2, -0.15) is 0 Å². The molecule has 21 heavy (non-hydrogen) atoms. The van der Waals surface area contributed by atoms with E-state index >= 15 is 0 Å². The Hall–Kier alpha value is -1.95. The quantitative estimate of drug-likeness (QED) is 0.770. The van der Waals surface area contributed by atoms with Crippen LogP contribution in [0.25, 0.3) is 0 Å². The number of nitrogens with two attached hydrogens (primary N) is 1. The Morgan fingerprint density at radius 3 is 2.67 bits per heavy atom. The minimum Gasteiger partial charge on any atom is -0.504 e. The van der Waals surface area contributed by atoms with E-state index in [1.807, 2.05) is 0 Å². The summed E-state index contributed by atoms with van der Waals surface area (Å²) in [5.74, 6) is 0.488. The smallest absolute Gasteiger partial charge is 0.407 e. The molecule has 1 aromatic carbocycles. The first kappa shape index (κ1) is 17.1. The van der Waals surface area contributed by atoms with E-state index in [0.717, 1.165) is 5.56 Å². The predicted molar refractivity (Wildman–Crippen MR) is 80.6 cm³/mol. The molecule has 1 atom stereocenters. The summed E-state index contributed by atoms with van der Waals surface area (Å²) in [5, 5.41) is 12.2. The van der Waals surface area contributed by atoms with E-state index in [0.29, 0.717) is 18.7 Å². The van der Waals surface area contributed by atoms with Crippen molar-refractivity contribution in [3.63, 3.8) is 0 Å². The van der Waals surface area contributed by atoms with Gasteiger partial charge in [0, 0.05) is 12.6 Å². The van der Waals surface area contributed by atoms with Gasteiger partial charge in [-0.1, -0.05) is 6.07 Å². The maximum Gasteiger partial charge on any atom is 0.407 e. The van der Waals surface area contributed by atoms with Gasteiger partial charge in [-0.3, -0.25) is 0 Å². The molecule has 0 saturated heterocycles. The first-order valence-corrected chi connectivity index (χ1v) is 6.79. The monoisotopic (exact) mass is 296 g/mol. The molecule has 0 fully saturated rings. The fourth-order valence-corrected chi connectivity index (χ4v) is 1.75. The summed E-state index contributed by atoms with van der Waals surface area (Å²) in [6.45, 7) is 5.71. The van der Waals surface area contributed by atoms with Crippen LogP contribution in [0.3, 0.4) is 0 Å². The van der Waals surface area contributed by atoms with Crippen LogP contribution in [0.1, 0.15) is 26.3 Å². The van der Waals surface area contributed by atoms with Gasteiger partial charge in [-0.05, 0) is 44.9 Å². The van der Waals surface area contributed by atoms with E-state index in [1.165, 1.54) is 7.11 Å². The number of carbonyl (C=O) groups excluding carboxylic acids is 1. The molecule has 0 aliphatic rings. The second-order valence-corrected chi connectivity index (χ2v) is 5.85. The minimum atomic E-state index is -0.529. The Labute approximate surface area is 125 Å². The number of amides is 1. The summed E-state index contributed by atoms with van der Waals surface area (Å²) in [5.41, 5.74) is 6.36. The Morgan fingerprint density at radius 1 is 1.43 bits per heavy atom. The third-order valence-corrected chi connectivity index (χ3v) is 2.65. The van der Waals surface area contributed by atoms with Gasteiger partial charge in [0.15, 0.2) is 11.5 Å². The molecule has 6 nitrogen and oxygen atoms in total. The SMILES string of the molecule is COc1cc(CC(N)CNC(=O)OC(C)(C)C)ccc1O. The molecule has 1 rings (SSSR count). The van der Waals surface area contributed by atoms with Gasteiger partial charge in [-0.15, -0.1) is 0 Å². The first-order chi connectivity index (χ1) is 9.71. The number of hydrogen-bond acceptors (Lipinski definition) is 5. The van der Waals surface area contributed by atoms with Crippen molar-refractivity contribution in [3.05, 3.63) is 23.8 Å². The average molecular weight is 296 g/mol. The summed E-state index contributed by atoms with van der Waals surface area (Å²) >= 11 is 0. The number of methoxy groups -OCH3 is 1. The number of aromatic hydroxyl groups is 1. The maximum atomic E-state index is 11.5. The van der Waals surface area contributed by atoms with Crippen LogP contribution >= 0.6 is 0 Å². The molecule has 1 unspecified atom stereocenters. The van der Waals surface area contributed by atoms with Gasteiger partial charge in [0.1, 0.15) is 5.60 Å². The lowest BCUT2D eigenvalue weighted by atomic mass is 10.1. The van der Waals surface area contributed by atoms with Crippen molar-refractivity contribution >= 4 is 6.09 Å². The normalized spacial score (nSPS) is 12.6. The van der Waals surface area contributed by atoms with Crippen molar-refractivity contribution in [2.45, 2.75) is 38.8 Å². The summed E-state index contributed by atoms with van der Waals surface area (Å²) < 4.78 is 10.2. The Kier molecular flexibility index (Phi) is 5.84. The summed E-state index contributed by atoms with van der Waals surface area (Å²) in [7, 11) is 1.49. The highest BCUT2D eigenvalue weighted by molar-refractivity contribution is 5.67. The van der Waals surface area contributed by atoms with Crippen molar-refractivity contribution in [1.29, 1.82) is 0 Å². The van der Waals surface area contributed by atoms with E-state index in [2.05, 4.69) is 5.32 Å². The fourth-order valence-electron chi connectivity index (χ4n) is 1.75. The molecule has 0 radical (unpaired) electrons. The Bertz CT molecular complexity index is 483.